The summed E-state index contributed by atoms with van der Waals surface area (Å²) < 4.78 is 0. The average molecular weight is 282 g/mol. The van der Waals surface area contributed by atoms with Gasteiger partial charge in [-0.15, -0.1) is 11.3 Å². The quantitative estimate of drug-likeness (QED) is 0.865. The van der Waals surface area contributed by atoms with E-state index in [1.165, 1.54) is 0 Å². The predicted molar refractivity (Wildman–Crippen MR) is 78.7 cm³/mol. The molecule has 3 nitrogen and oxygen atoms in total. The molecule has 0 atom stereocenters. The number of piperidine rings is 1. The molecule has 2 heterocycles. The summed E-state index contributed by atoms with van der Waals surface area (Å²) in [6, 6.07) is 3.99. The molecule has 1 aromatic heterocycles. The van der Waals surface area contributed by atoms with Crippen molar-refractivity contribution in [2.24, 2.45) is 11.1 Å². The molecule has 0 aromatic carbocycles. The summed E-state index contributed by atoms with van der Waals surface area (Å²) in [6.45, 7) is 3.62. The third-order valence-corrected chi connectivity index (χ3v) is 5.09. The zero-order valence-corrected chi connectivity index (χ0v) is 12.1. The number of nitrogens with zero attached hydrogens (tertiary/aromatic N) is 1. The molecule has 1 aromatic rings. The molecule has 0 saturated carbocycles. The number of hydrogen-bond acceptors (Lipinski definition) is 3. The van der Waals surface area contributed by atoms with E-state index in [4.69, 9.17) is 18.0 Å². The van der Waals surface area contributed by atoms with Crippen LogP contribution in [0, 0.1) is 5.41 Å². The van der Waals surface area contributed by atoms with Gasteiger partial charge in [0.25, 0.3) is 0 Å². The zero-order valence-electron chi connectivity index (χ0n) is 10.5. The number of thiophene rings is 1. The van der Waals surface area contributed by atoms with Crippen LogP contribution in [0.1, 0.15) is 24.6 Å². The van der Waals surface area contributed by atoms with Crippen molar-refractivity contribution in [1.82, 2.24) is 4.90 Å². The van der Waals surface area contributed by atoms with Crippen LogP contribution in [0.3, 0.4) is 0 Å². The molecule has 1 aliphatic rings. The second-order valence-corrected chi connectivity index (χ2v) is 6.53. The molecule has 0 unspecified atom stereocenters. The first kappa shape index (κ1) is 13.5. The van der Waals surface area contributed by atoms with Crippen molar-refractivity contribution in [3.8, 4) is 0 Å². The molecule has 5 heteroatoms. The standard InChI is InChI=1S/C13H18N2OS2/c1-13(12(14)17)4-6-15(7-5-13)11(16)9-10-3-2-8-18-10/h2-3,8H,4-7,9H2,1H3,(H2,14,17). The van der Waals surface area contributed by atoms with Crippen molar-refractivity contribution in [3.63, 3.8) is 0 Å². The van der Waals surface area contributed by atoms with Crippen molar-refractivity contribution in [2.75, 3.05) is 13.1 Å². The predicted octanol–water partition coefficient (Wildman–Crippen LogP) is 2.21. The first-order chi connectivity index (χ1) is 8.51. The number of likely N-dealkylation sites (tertiary alicyclic amines) is 1. The highest BCUT2D eigenvalue weighted by Gasteiger charge is 2.34. The van der Waals surface area contributed by atoms with Gasteiger partial charge in [-0.05, 0) is 24.3 Å². The van der Waals surface area contributed by atoms with Crippen molar-refractivity contribution in [2.45, 2.75) is 26.2 Å². The Morgan fingerprint density at radius 3 is 2.72 bits per heavy atom. The number of hydrogen-bond donors (Lipinski definition) is 1. The number of amides is 1. The van der Waals surface area contributed by atoms with Crippen LogP contribution >= 0.6 is 23.6 Å². The van der Waals surface area contributed by atoms with Crippen LogP contribution in [0.4, 0.5) is 0 Å². The van der Waals surface area contributed by atoms with Crippen molar-refractivity contribution in [1.29, 1.82) is 0 Å². The average Bonchev–Trinajstić information content (AvgIpc) is 2.82. The Balaban J connectivity index is 1.90. The van der Waals surface area contributed by atoms with Crippen LogP contribution in [0.15, 0.2) is 17.5 Å². The Labute approximate surface area is 117 Å². The number of carbonyl (C=O) groups excluding carboxylic acids is 1. The third kappa shape index (κ3) is 2.90. The third-order valence-electron chi connectivity index (χ3n) is 3.72. The highest BCUT2D eigenvalue weighted by Crippen LogP contribution is 2.31. The van der Waals surface area contributed by atoms with Crippen LogP contribution in [-0.2, 0) is 11.2 Å². The van der Waals surface area contributed by atoms with Crippen molar-refractivity contribution in [3.05, 3.63) is 22.4 Å². The van der Waals surface area contributed by atoms with Crippen LogP contribution < -0.4 is 5.73 Å². The fraction of sp³-hybridized carbons (Fsp3) is 0.538. The molecular weight excluding hydrogens is 264 g/mol. The fourth-order valence-corrected chi connectivity index (χ4v) is 3.07. The number of thiocarbonyl (C=S) groups is 1. The van der Waals surface area contributed by atoms with E-state index in [0.717, 1.165) is 30.8 Å². The van der Waals surface area contributed by atoms with Crippen LogP contribution in [0.5, 0.6) is 0 Å². The van der Waals surface area contributed by atoms with Gasteiger partial charge in [0.05, 0.1) is 11.4 Å². The maximum atomic E-state index is 12.1. The lowest BCUT2D eigenvalue weighted by atomic mass is 9.80. The lowest BCUT2D eigenvalue weighted by molar-refractivity contribution is -0.132. The van der Waals surface area contributed by atoms with Crippen molar-refractivity contribution >= 4 is 34.5 Å². The Morgan fingerprint density at radius 2 is 2.22 bits per heavy atom. The molecule has 1 saturated heterocycles. The number of carbonyl (C=O) groups is 1. The van der Waals surface area contributed by atoms with E-state index in [9.17, 15) is 4.79 Å². The first-order valence-electron chi connectivity index (χ1n) is 6.11. The van der Waals surface area contributed by atoms with E-state index in [1.54, 1.807) is 11.3 Å². The highest BCUT2D eigenvalue weighted by molar-refractivity contribution is 7.80. The van der Waals surface area contributed by atoms with Gasteiger partial charge in [-0.3, -0.25) is 4.79 Å². The van der Waals surface area contributed by atoms with E-state index in [1.807, 2.05) is 22.4 Å². The van der Waals surface area contributed by atoms with Gasteiger partial charge >= 0.3 is 0 Å². The molecule has 0 aliphatic carbocycles. The maximum Gasteiger partial charge on any atom is 0.227 e. The number of nitrogens with two attached hydrogens (primary N) is 1. The molecule has 0 radical (unpaired) electrons. The molecule has 98 valence electrons. The number of rotatable bonds is 3. The normalized spacial score (nSPS) is 18.6. The smallest absolute Gasteiger partial charge is 0.227 e. The molecule has 18 heavy (non-hydrogen) atoms. The molecule has 2 N–H and O–H groups in total. The highest BCUT2D eigenvalue weighted by atomic mass is 32.1. The Bertz CT molecular complexity index is 434. The van der Waals surface area contributed by atoms with Crippen LogP contribution in [0.25, 0.3) is 0 Å². The Morgan fingerprint density at radius 1 is 1.56 bits per heavy atom. The second-order valence-electron chi connectivity index (χ2n) is 5.06. The summed E-state index contributed by atoms with van der Waals surface area (Å²) in [5.74, 6) is 0.211. The fourth-order valence-electron chi connectivity index (χ4n) is 2.17. The second kappa shape index (κ2) is 5.36. The molecular formula is C13H18N2OS2. The molecule has 0 spiro atoms. The van der Waals surface area contributed by atoms with Gasteiger partial charge in [-0.2, -0.15) is 0 Å². The molecule has 0 bridgehead atoms. The molecule has 2 rings (SSSR count). The topological polar surface area (TPSA) is 46.3 Å². The minimum Gasteiger partial charge on any atom is -0.393 e. The van der Waals surface area contributed by atoms with E-state index in [-0.39, 0.29) is 11.3 Å². The van der Waals surface area contributed by atoms with Gasteiger partial charge < -0.3 is 10.6 Å². The SMILES string of the molecule is CC1(C(N)=S)CCN(C(=O)Cc2cccs2)CC1. The molecule has 1 fully saturated rings. The van der Waals surface area contributed by atoms with Crippen LogP contribution in [-0.4, -0.2) is 28.9 Å². The summed E-state index contributed by atoms with van der Waals surface area (Å²) in [5.41, 5.74) is 5.69. The largest absolute Gasteiger partial charge is 0.393 e. The van der Waals surface area contributed by atoms with Gasteiger partial charge in [0, 0.05) is 23.4 Å². The maximum absolute atomic E-state index is 12.1. The van der Waals surface area contributed by atoms with Crippen molar-refractivity contribution < 1.29 is 4.79 Å². The van der Waals surface area contributed by atoms with Gasteiger partial charge in [-0.1, -0.05) is 25.2 Å². The lowest BCUT2D eigenvalue weighted by Gasteiger charge is -2.38. The monoisotopic (exact) mass is 282 g/mol. The Hall–Kier alpha value is -0.940. The summed E-state index contributed by atoms with van der Waals surface area (Å²) >= 11 is 6.73. The zero-order chi connectivity index (χ0) is 13.2. The minimum atomic E-state index is -0.0744. The summed E-state index contributed by atoms with van der Waals surface area (Å²) in [4.78, 5) is 15.7. The summed E-state index contributed by atoms with van der Waals surface area (Å²) in [7, 11) is 0. The summed E-state index contributed by atoms with van der Waals surface area (Å²) in [6.07, 6.45) is 2.26. The summed E-state index contributed by atoms with van der Waals surface area (Å²) in [5, 5.41) is 2.00. The van der Waals surface area contributed by atoms with E-state index >= 15 is 0 Å². The minimum absolute atomic E-state index is 0.0744. The Kier molecular flexibility index (Phi) is 4.02. The first-order valence-corrected chi connectivity index (χ1v) is 7.40. The van der Waals surface area contributed by atoms with Gasteiger partial charge in [0.15, 0.2) is 0 Å². The lowest BCUT2D eigenvalue weighted by Crippen LogP contribution is -2.47. The van der Waals surface area contributed by atoms with E-state index < -0.39 is 0 Å². The van der Waals surface area contributed by atoms with Gasteiger partial charge in [0.1, 0.15) is 0 Å². The molecule has 1 aliphatic heterocycles. The van der Waals surface area contributed by atoms with Gasteiger partial charge in [-0.25, -0.2) is 0 Å². The van der Waals surface area contributed by atoms with E-state index in [0.29, 0.717) is 11.4 Å². The van der Waals surface area contributed by atoms with Gasteiger partial charge in [0.2, 0.25) is 5.91 Å². The molecule has 1 amide bonds. The van der Waals surface area contributed by atoms with Crippen LogP contribution in [0.2, 0.25) is 0 Å². The van der Waals surface area contributed by atoms with E-state index in [2.05, 4.69) is 6.92 Å².